The first-order valence-corrected chi connectivity index (χ1v) is 5.29. The van der Waals surface area contributed by atoms with E-state index in [-0.39, 0.29) is 23.8 Å². The third kappa shape index (κ3) is 6.34. The highest BCUT2D eigenvalue weighted by molar-refractivity contribution is 5.96. The Morgan fingerprint density at radius 2 is 1.76 bits per heavy atom. The fourth-order valence-electron chi connectivity index (χ4n) is 1.02. The van der Waals surface area contributed by atoms with Gasteiger partial charge in [0.15, 0.2) is 6.17 Å². The highest BCUT2D eigenvalue weighted by Crippen LogP contribution is 1.98. The molecule has 0 aromatic rings. The first-order valence-electron chi connectivity index (χ1n) is 5.29. The second kappa shape index (κ2) is 6.67. The average Bonchev–Trinajstić information content (AvgIpc) is 2.14. The summed E-state index contributed by atoms with van der Waals surface area (Å²) in [6, 6.07) is 0. The summed E-state index contributed by atoms with van der Waals surface area (Å²) in [5.41, 5.74) is 5.30. The molecule has 0 rings (SSSR count). The molecule has 0 saturated carbocycles. The number of amides is 3. The van der Waals surface area contributed by atoms with Gasteiger partial charge in [0.2, 0.25) is 11.8 Å². The molecule has 3 amide bonds. The fraction of sp³-hybridized carbons (Fsp3) is 0.545. The maximum absolute atomic E-state index is 11.4. The standard InChI is InChI=1S/C11H19N3O3/c1-6(2)5-8(15)13-10(9(12)16)14-11(17)7(3)4/h6,10H,3,5H2,1-2,4H3,(H2,12,16)(H,13,15)(H,14,17). The van der Waals surface area contributed by atoms with Gasteiger partial charge in [-0.1, -0.05) is 20.4 Å². The van der Waals surface area contributed by atoms with Crippen LogP contribution < -0.4 is 16.4 Å². The number of carbonyl (C=O) groups is 3. The normalized spacial score (nSPS) is 11.8. The van der Waals surface area contributed by atoms with E-state index in [1.54, 1.807) is 0 Å². The zero-order valence-corrected chi connectivity index (χ0v) is 10.4. The Bertz CT molecular complexity index is 337. The fourth-order valence-corrected chi connectivity index (χ4v) is 1.02. The van der Waals surface area contributed by atoms with E-state index in [4.69, 9.17) is 5.73 Å². The van der Waals surface area contributed by atoms with Crippen molar-refractivity contribution < 1.29 is 14.4 Å². The van der Waals surface area contributed by atoms with Gasteiger partial charge in [0.05, 0.1) is 0 Å². The van der Waals surface area contributed by atoms with E-state index in [9.17, 15) is 14.4 Å². The highest BCUT2D eigenvalue weighted by Gasteiger charge is 2.20. The summed E-state index contributed by atoms with van der Waals surface area (Å²) in [4.78, 5) is 33.8. The van der Waals surface area contributed by atoms with Crippen LogP contribution in [-0.2, 0) is 14.4 Å². The molecule has 0 saturated heterocycles. The maximum atomic E-state index is 11.4. The van der Waals surface area contributed by atoms with E-state index in [0.717, 1.165) is 0 Å². The van der Waals surface area contributed by atoms with Crippen molar-refractivity contribution in [2.24, 2.45) is 11.7 Å². The summed E-state index contributed by atoms with van der Waals surface area (Å²) < 4.78 is 0. The Labute approximate surface area is 101 Å². The summed E-state index contributed by atoms with van der Waals surface area (Å²) in [6.07, 6.45) is -0.947. The van der Waals surface area contributed by atoms with Gasteiger partial charge in [-0.05, 0) is 12.8 Å². The minimum absolute atomic E-state index is 0.153. The zero-order valence-electron chi connectivity index (χ0n) is 10.4. The first kappa shape index (κ1) is 15.2. The van der Waals surface area contributed by atoms with Crippen molar-refractivity contribution in [2.75, 3.05) is 0 Å². The van der Waals surface area contributed by atoms with E-state index in [2.05, 4.69) is 17.2 Å². The number of primary amides is 1. The summed E-state index contributed by atoms with van der Waals surface area (Å²) >= 11 is 0. The number of hydrogen-bond donors (Lipinski definition) is 3. The molecule has 0 fully saturated rings. The van der Waals surface area contributed by atoms with Crippen LogP contribution in [0.25, 0.3) is 0 Å². The Balaban J connectivity index is 4.45. The van der Waals surface area contributed by atoms with Crippen molar-refractivity contribution in [1.82, 2.24) is 10.6 Å². The smallest absolute Gasteiger partial charge is 0.260 e. The van der Waals surface area contributed by atoms with Crippen LogP contribution in [0.1, 0.15) is 27.2 Å². The number of carbonyl (C=O) groups excluding carboxylic acids is 3. The molecular weight excluding hydrogens is 222 g/mol. The molecule has 4 N–H and O–H groups in total. The SMILES string of the molecule is C=C(C)C(=O)NC(NC(=O)CC(C)C)C(N)=O. The molecule has 6 nitrogen and oxygen atoms in total. The lowest BCUT2D eigenvalue weighted by molar-refractivity contribution is -0.130. The lowest BCUT2D eigenvalue weighted by atomic mass is 10.1. The first-order chi connectivity index (χ1) is 7.73. The Hall–Kier alpha value is -1.85. The van der Waals surface area contributed by atoms with Crippen molar-refractivity contribution in [1.29, 1.82) is 0 Å². The molecule has 0 aromatic carbocycles. The zero-order chi connectivity index (χ0) is 13.6. The quantitative estimate of drug-likeness (QED) is 0.437. The van der Waals surface area contributed by atoms with Crippen LogP contribution in [0.5, 0.6) is 0 Å². The van der Waals surface area contributed by atoms with Gasteiger partial charge in [0, 0.05) is 12.0 Å². The topological polar surface area (TPSA) is 101 Å². The molecule has 0 aliphatic carbocycles. The molecule has 0 heterocycles. The van der Waals surface area contributed by atoms with Crippen LogP contribution in [0.15, 0.2) is 12.2 Å². The molecule has 0 spiro atoms. The van der Waals surface area contributed by atoms with Gasteiger partial charge in [-0.15, -0.1) is 0 Å². The third-order valence-electron chi connectivity index (χ3n) is 1.85. The van der Waals surface area contributed by atoms with Gasteiger partial charge >= 0.3 is 0 Å². The maximum Gasteiger partial charge on any atom is 0.260 e. The van der Waals surface area contributed by atoms with Crippen molar-refractivity contribution in [3.05, 3.63) is 12.2 Å². The van der Waals surface area contributed by atoms with Crippen LogP contribution in [0.3, 0.4) is 0 Å². The monoisotopic (exact) mass is 241 g/mol. The largest absolute Gasteiger partial charge is 0.366 e. The Morgan fingerprint density at radius 1 is 1.24 bits per heavy atom. The minimum Gasteiger partial charge on any atom is -0.366 e. The summed E-state index contributed by atoms with van der Waals surface area (Å²) in [5.74, 6) is -1.54. The number of hydrogen-bond acceptors (Lipinski definition) is 3. The van der Waals surface area contributed by atoms with Crippen LogP contribution in [0.4, 0.5) is 0 Å². The second-order valence-corrected chi connectivity index (χ2v) is 4.25. The predicted octanol–water partition coefficient (Wildman–Crippen LogP) is -0.348. The van der Waals surface area contributed by atoms with Crippen molar-refractivity contribution in [3.8, 4) is 0 Å². The number of rotatable bonds is 6. The van der Waals surface area contributed by atoms with Gasteiger partial charge in [0.1, 0.15) is 0 Å². The highest BCUT2D eigenvalue weighted by atomic mass is 16.2. The van der Waals surface area contributed by atoms with Crippen molar-refractivity contribution in [3.63, 3.8) is 0 Å². The minimum atomic E-state index is -1.20. The molecule has 0 aliphatic rings. The molecule has 1 unspecified atom stereocenters. The van der Waals surface area contributed by atoms with Gasteiger partial charge in [-0.3, -0.25) is 14.4 Å². The van der Waals surface area contributed by atoms with E-state index in [1.165, 1.54) is 6.92 Å². The van der Waals surface area contributed by atoms with Crippen molar-refractivity contribution >= 4 is 17.7 Å². The molecule has 0 aromatic heterocycles. The summed E-state index contributed by atoms with van der Waals surface area (Å²) in [5, 5.41) is 4.62. The second-order valence-electron chi connectivity index (χ2n) is 4.25. The lowest BCUT2D eigenvalue weighted by Gasteiger charge is -2.17. The van der Waals surface area contributed by atoms with Crippen LogP contribution in [0.2, 0.25) is 0 Å². The molecule has 17 heavy (non-hydrogen) atoms. The molecular formula is C11H19N3O3. The van der Waals surface area contributed by atoms with E-state index >= 15 is 0 Å². The van der Waals surface area contributed by atoms with Crippen LogP contribution in [-0.4, -0.2) is 23.9 Å². The molecule has 96 valence electrons. The Kier molecular flexibility index (Phi) is 5.95. The van der Waals surface area contributed by atoms with Gasteiger partial charge < -0.3 is 16.4 Å². The Morgan fingerprint density at radius 3 is 2.12 bits per heavy atom. The van der Waals surface area contributed by atoms with E-state index < -0.39 is 18.0 Å². The van der Waals surface area contributed by atoms with Crippen molar-refractivity contribution in [2.45, 2.75) is 33.4 Å². The third-order valence-corrected chi connectivity index (χ3v) is 1.85. The van der Waals surface area contributed by atoms with Crippen LogP contribution >= 0.6 is 0 Å². The van der Waals surface area contributed by atoms with Crippen LogP contribution in [0, 0.1) is 5.92 Å². The van der Waals surface area contributed by atoms with E-state index in [0.29, 0.717) is 0 Å². The molecule has 0 radical (unpaired) electrons. The summed E-state index contributed by atoms with van der Waals surface area (Å²) in [7, 11) is 0. The lowest BCUT2D eigenvalue weighted by Crippen LogP contribution is -2.55. The predicted molar refractivity (Wildman–Crippen MR) is 63.5 cm³/mol. The average molecular weight is 241 g/mol. The van der Waals surface area contributed by atoms with Gasteiger partial charge in [0.25, 0.3) is 5.91 Å². The van der Waals surface area contributed by atoms with Gasteiger partial charge in [-0.25, -0.2) is 0 Å². The number of nitrogens with one attached hydrogen (secondary N) is 2. The molecule has 1 atom stereocenters. The van der Waals surface area contributed by atoms with E-state index in [1.807, 2.05) is 13.8 Å². The van der Waals surface area contributed by atoms with Gasteiger partial charge in [-0.2, -0.15) is 0 Å². The molecule has 0 aliphatic heterocycles. The summed E-state index contributed by atoms with van der Waals surface area (Å²) in [6.45, 7) is 8.64. The molecule has 6 heteroatoms. The number of nitrogens with two attached hydrogens (primary N) is 1. The molecule has 0 bridgehead atoms.